The summed E-state index contributed by atoms with van der Waals surface area (Å²) < 4.78 is 0. The Balaban J connectivity index is 1.13. The Morgan fingerprint density at radius 2 is 1.52 bits per heavy atom. The zero-order valence-corrected chi connectivity index (χ0v) is 25.7. The normalized spacial score (nSPS) is 14.1. The lowest BCUT2D eigenvalue weighted by molar-refractivity contribution is 0.0993. The minimum Gasteiger partial charge on any atom is -0.304 e. The maximum absolute atomic E-state index is 13.2. The quantitative estimate of drug-likeness (QED) is 0.198. The van der Waals surface area contributed by atoms with Crippen molar-refractivity contribution in [3.05, 3.63) is 131 Å². The number of carbonyl (C=O) groups excluding carboxylic acids is 1. The van der Waals surface area contributed by atoms with E-state index in [-0.39, 0.29) is 5.78 Å². The first-order valence-corrected chi connectivity index (χ1v) is 15.2. The molecule has 0 saturated carbocycles. The van der Waals surface area contributed by atoms with Crippen LogP contribution >= 0.6 is 0 Å². The highest BCUT2D eigenvalue weighted by molar-refractivity contribution is 5.97. The summed E-state index contributed by atoms with van der Waals surface area (Å²) in [5, 5.41) is 0. The Labute approximate surface area is 259 Å². The fraction of sp³-hybridized carbons (Fsp3) is 0.270. The van der Waals surface area contributed by atoms with Gasteiger partial charge >= 0.3 is 0 Å². The minimum absolute atomic E-state index is 0.125. The van der Waals surface area contributed by atoms with Gasteiger partial charge in [-0.15, -0.1) is 0 Å². The van der Waals surface area contributed by atoms with Crippen molar-refractivity contribution in [2.75, 3.05) is 33.2 Å². The van der Waals surface area contributed by atoms with Gasteiger partial charge in [-0.05, 0) is 67.4 Å². The van der Waals surface area contributed by atoms with Crippen LogP contribution in [-0.4, -0.2) is 68.7 Å². The van der Waals surface area contributed by atoms with Crippen LogP contribution in [0.1, 0.15) is 44.1 Å². The number of piperazine rings is 1. The molecule has 3 aromatic heterocycles. The van der Waals surface area contributed by atoms with Gasteiger partial charge in [-0.3, -0.25) is 19.7 Å². The number of likely N-dealkylation sites (N-methyl/N-ethyl adjacent to an activating group) is 1. The molecular weight excluding hydrogens is 544 g/mol. The fourth-order valence-corrected chi connectivity index (χ4v) is 5.61. The van der Waals surface area contributed by atoms with E-state index in [4.69, 9.17) is 4.98 Å². The molecule has 0 radical (unpaired) electrons. The Hall–Kier alpha value is -4.59. The van der Waals surface area contributed by atoms with Gasteiger partial charge in [0, 0.05) is 86.5 Å². The van der Waals surface area contributed by atoms with Crippen LogP contribution in [0.15, 0.2) is 91.4 Å². The zero-order valence-electron chi connectivity index (χ0n) is 25.7. The lowest BCUT2D eigenvalue weighted by atomic mass is 9.97. The summed E-state index contributed by atoms with van der Waals surface area (Å²) in [6, 6.07) is 24.3. The summed E-state index contributed by atoms with van der Waals surface area (Å²) in [4.78, 5) is 36.6. The molecule has 1 saturated heterocycles. The Bertz CT molecular complexity index is 1760. The van der Waals surface area contributed by atoms with Gasteiger partial charge in [0.05, 0.1) is 11.4 Å². The first kappa shape index (κ1) is 29.5. The third-order valence-electron chi connectivity index (χ3n) is 8.33. The highest BCUT2D eigenvalue weighted by Crippen LogP contribution is 2.24. The van der Waals surface area contributed by atoms with Crippen LogP contribution in [0.25, 0.3) is 22.5 Å². The van der Waals surface area contributed by atoms with Gasteiger partial charge in [0.1, 0.15) is 5.82 Å². The van der Waals surface area contributed by atoms with Crippen LogP contribution in [-0.2, 0) is 19.4 Å². The van der Waals surface area contributed by atoms with Gasteiger partial charge in [0.25, 0.3) is 0 Å². The largest absolute Gasteiger partial charge is 0.304 e. The van der Waals surface area contributed by atoms with Gasteiger partial charge in [-0.1, -0.05) is 48.5 Å². The lowest BCUT2D eigenvalue weighted by Crippen LogP contribution is -2.43. The topological polar surface area (TPSA) is 75.1 Å². The maximum atomic E-state index is 13.2. The number of rotatable bonds is 9. The SMILES string of the molecule is Cc1cccc(-c2cncc(-c3ccnc(Cc4cc(CC(=O)c5ccc(CN6CCN(C)CC6)cc5)ccc4C)n3)c2)n1. The first-order chi connectivity index (χ1) is 21.4. The van der Waals surface area contributed by atoms with E-state index >= 15 is 0 Å². The molecule has 0 aliphatic carbocycles. The van der Waals surface area contributed by atoms with E-state index in [9.17, 15) is 4.79 Å². The summed E-state index contributed by atoms with van der Waals surface area (Å²) in [5.74, 6) is 0.851. The van der Waals surface area contributed by atoms with Gasteiger partial charge < -0.3 is 4.90 Å². The average Bonchev–Trinajstić information content (AvgIpc) is 3.04. The molecule has 5 aromatic rings. The molecule has 0 N–H and O–H groups in total. The van der Waals surface area contributed by atoms with E-state index in [0.29, 0.717) is 12.8 Å². The number of hydrogen-bond donors (Lipinski definition) is 0. The predicted octanol–water partition coefficient (Wildman–Crippen LogP) is 5.98. The Morgan fingerprint density at radius 1 is 0.795 bits per heavy atom. The second kappa shape index (κ2) is 13.4. The van der Waals surface area contributed by atoms with Crippen molar-refractivity contribution >= 4 is 5.78 Å². The van der Waals surface area contributed by atoms with E-state index in [1.165, 1.54) is 5.56 Å². The third kappa shape index (κ3) is 7.30. The second-order valence-electron chi connectivity index (χ2n) is 11.8. The smallest absolute Gasteiger partial charge is 0.167 e. The van der Waals surface area contributed by atoms with Crippen LogP contribution in [0.3, 0.4) is 0 Å². The molecule has 0 unspecified atom stereocenters. The first-order valence-electron chi connectivity index (χ1n) is 15.2. The number of nitrogens with zero attached hydrogens (tertiary/aromatic N) is 6. The summed E-state index contributed by atoms with van der Waals surface area (Å²) in [5.41, 5.74) is 9.80. The Kier molecular flexibility index (Phi) is 8.96. The van der Waals surface area contributed by atoms with Crippen molar-refractivity contribution in [2.24, 2.45) is 0 Å². The molecule has 0 spiro atoms. The second-order valence-corrected chi connectivity index (χ2v) is 11.8. The van der Waals surface area contributed by atoms with E-state index < -0.39 is 0 Å². The van der Waals surface area contributed by atoms with Crippen molar-refractivity contribution in [3.8, 4) is 22.5 Å². The van der Waals surface area contributed by atoms with Crippen molar-refractivity contribution in [1.29, 1.82) is 0 Å². The summed E-state index contributed by atoms with van der Waals surface area (Å²) >= 11 is 0. The van der Waals surface area contributed by atoms with Crippen molar-refractivity contribution < 1.29 is 4.79 Å². The van der Waals surface area contributed by atoms with Crippen molar-refractivity contribution in [3.63, 3.8) is 0 Å². The molecule has 0 bridgehead atoms. The van der Waals surface area contributed by atoms with Crippen LogP contribution in [0.4, 0.5) is 0 Å². The molecule has 1 aliphatic rings. The van der Waals surface area contributed by atoms with Gasteiger partial charge in [0.15, 0.2) is 5.78 Å². The maximum Gasteiger partial charge on any atom is 0.167 e. The molecule has 1 fully saturated rings. The summed E-state index contributed by atoms with van der Waals surface area (Å²) in [7, 11) is 2.17. The number of ketones is 1. The van der Waals surface area contributed by atoms with Crippen LogP contribution in [0.5, 0.6) is 0 Å². The number of pyridine rings is 2. The average molecular weight is 583 g/mol. The number of aromatic nitrogens is 4. The molecule has 6 rings (SSSR count). The standard InChI is InChI=1S/C37H38N6O/c1-26-7-8-29(20-36(44)30-11-9-28(10-12-30)25-43-17-15-42(3)16-18-43)19-31(26)22-37-39-14-13-35(41-37)33-21-32(23-38-24-33)34-6-4-5-27(2)40-34/h4-14,19,21,23-24H,15-18,20,22,25H2,1-3H3. The van der Waals surface area contributed by atoms with Crippen LogP contribution in [0.2, 0.25) is 0 Å². The molecule has 1 aliphatic heterocycles. The number of carbonyl (C=O) groups is 1. The number of hydrogen-bond acceptors (Lipinski definition) is 7. The highest BCUT2D eigenvalue weighted by Gasteiger charge is 2.15. The van der Waals surface area contributed by atoms with E-state index in [2.05, 4.69) is 69.1 Å². The number of Topliss-reactive ketones (excluding diaryl/α,β-unsaturated/α-hetero) is 1. The molecule has 44 heavy (non-hydrogen) atoms. The van der Waals surface area contributed by atoms with Gasteiger partial charge in [-0.25, -0.2) is 9.97 Å². The lowest BCUT2D eigenvalue weighted by Gasteiger charge is -2.32. The molecule has 7 nitrogen and oxygen atoms in total. The number of benzene rings is 2. The summed E-state index contributed by atoms with van der Waals surface area (Å²) in [6.45, 7) is 9.37. The van der Waals surface area contributed by atoms with Gasteiger partial charge in [-0.2, -0.15) is 0 Å². The van der Waals surface area contributed by atoms with E-state index in [0.717, 1.165) is 89.0 Å². The molecule has 0 atom stereocenters. The predicted molar refractivity (Wildman–Crippen MR) is 174 cm³/mol. The molecule has 7 heteroatoms. The van der Waals surface area contributed by atoms with Crippen LogP contribution < -0.4 is 0 Å². The number of aryl methyl sites for hydroxylation is 2. The van der Waals surface area contributed by atoms with Gasteiger partial charge in [0.2, 0.25) is 0 Å². The molecule has 0 amide bonds. The molecular formula is C37H38N6O. The molecule has 222 valence electrons. The van der Waals surface area contributed by atoms with Crippen molar-refractivity contribution in [1.82, 2.24) is 29.7 Å². The third-order valence-corrected chi connectivity index (χ3v) is 8.33. The minimum atomic E-state index is 0.125. The van der Waals surface area contributed by atoms with Crippen molar-refractivity contribution in [2.45, 2.75) is 33.2 Å². The van der Waals surface area contributed by atoms with E-state index in [1.807, 2.05) is 61.8 Å². The highest BCUT2D eigenvalue weighted by atomic mass is 16.1. The molecule has 4 heterocycles. The summed E-state index contributed by atoms with van der Waals surface area (Å²) in [6.07, 6.45) is 6.38. The van der Waals surface area contributed by atoms with E-state index in [1.54, 1.807) is 6.20 Å². The molecule has 2 aromatic carbocycles. The fourth-order valence-electron chi connectivity index (χ4n) is 5.61. The monoisotopic (exact) mass is 582 g/mol. The van der Waals surface area contributed by atoms with Crippen LogP contribution in [0, 0.1) is 13.8 Å². The Morgan fingerprint density at radius 3 is 2.27 bits per heavy atom. The zero-order chi connectivity index (χ0) is 30.5.